The second-order valence-corrected chi connectivity index (χ2v) is 12.7. The molecule has 1 aromatic heterocycles. The number of fused-ring (bicyclic) bond motifs is 1. The number of ether oxygens (including phenoxy) is 1. The summed E-state index contributed by atoms with van der Waals surface area (Å²) in [6, 6.07) is 7.39. The number of alkyl halides is 4. The van der Waals surface area contributed by atoms with E-state index in [0.717, 1.165) is 11.0 Å². The Morgan fingerprint density at radius 1 is 1.16 bits per heavy atom. The average molecular weight is 639 g/mol. The summed E-state index contributed by atoms with van der Waals surface area (Å²) in [5.41, 5.74) is -0.518. The van der Waals surface area contributed by atoms with Crippen LogP contribution in [0.5, 0.6) is 0 Å². The number of hydrogen-bond acceptors (Lipinski definition) is 6. The number of amides is 3. The monoisotopic (exact) mass is 638 g/mol. The largest absolute Gasteiger partial charge is 0.444 e. The Bertz CT molecular complexity index is 1630. The van der Waals surface area contributed by atoms with Crippen molar-refractivity contribution in [1.82, 2.24) is 19.6 Å². The van der Waals surface area contributed by atoms with E-state index >= 15 is 0 Å². The molecule has 3 heterocycles. The summed E-state index contributed by atoms with van der Waals surface area (Å²) in [6.07, 6.45) is -3.81. The Morgan fingerprint density at radius 2 is 1.91 bits per heavy atom. The zero-order chi connectivity index (χ0) is 31.3. The van der Waals surface area contributed by atoms with E-state index in [2.05, 4.69) is 5.10 Å². The first-order valence-corrected chi connectivity index (χ1v) is 14.5. The molecule has 228 valence electrons. The van der Waals surface area contributed by atoms with Crippen LogP contribution in [0.25, 0.3) is 17.0 Å². The van der Waals surface area contributed by atoms with Crippen molar-refractivity contribution in [3.63, 3.8) is 0 Å². The first-order chi connectivity index (χ1) is 20.1. The van der Waals surface area contributed by atoms with Crippen LogP contribution in [0.15, 0.2) is 47.5 Å². The van der Waals surface area contributed by atoms with Gasteiger partial charge in [0.2, 0.25) is 0 Å². The molecule has 0 aliphatic carbocycles. The highest BCUT2D eigenvalue weighted by molar-refractivity contribution is 8.18. The maximum Gasteiger partial charge on any atom is 0.416 e. The number of benzene rings is 2. The maximum atomic E-state index is 15.0. The fourth-order valence-corrected chi connectivity index (χ4v) is 6.05. The molecule has 5 rings (SSSR count). The molecule has 43 heavy (non-hydrogen) atoms. The van der Waals surface area contributed by atoms with Crippen LogP contribution < -0.4 is 0 Å². The molecule has 0 unspecified atom stereocenters. The lowest BCUT2D eigenvalue weighted by atomic mass is 10.0. The summed E-state index contributed by atoms with van der Waals surface area (Å²) in [5, 5.41) is 4.16. The summed E-state index contributed by atoms with van der Waals surface area (Å²) in [4.78, 5) is 40.9. The van der Waals surface area contributed by atoms with Gasteiger partial charge in [0.25, 0.3) is 11.1 Å². The standard InChI is InChI=1S/C29H27ClF4N4O4S/c1-28(2,3)42-26(40)36-9-8-21(31)23(15-36)38-25(39)24(43-27(38)41)11-16-4-7-22-18(10-16)13-35-37(22)14-17-5-6-19(30)12-20(17)29(32,33)34/h4-7,10-13,21,23H,8-9,14-15H2,1-3H3/t21-,23+/m1/s1. The van der Waals surface area contributed by atoms with Crippen LogP contribution in [0.1, 0.15) is 43.9 Å². The first kappa shape index (κ1) is 30.9. The Hall–Kier alpha value is -3.58. The number of rotatable bonds is 4. The number of thioether (sulfide) groups is 1. The van der Waals surface area contributed by atoms with E-state index in [1.807, 2.05) is 0 Å². The van der Waals surface area contributed by atoms with Crippen LogP contribution in [0, 0.1) is 0 Å². The van der Waals surface area contributed by atoms with E-state index in [9.17, 15) is 31.9 Å². The van der Waals surface area contributed by atoms with Crippen molar-refractivity contribution in [3.05, 3.63) is 69.2 Å². The second kappa shape index (κ2) is 11.5. The van der Waals surface area contributed by atoms with Crippen LogP contribution >= 0.6 is 23.4 Å². The predicted octanol–water partition coefficient (Wildman–Crippen LogP) is 7.14. The maximum absolute atomic E-state index is 15.0. The third-order valence-corrected chi connectivity index (χ3v) is 8.09. The van der Waals surface area contributed by atoms with Gasteiger partial charge in [-0.25, -0.2) is 9.18 Å². The number of likely N-dealkylation sites (tertiary alicyclic amines) is 1. The van der Waals surface area contributed by atoms with Crippen LogP contribution in [0.4, 0.5) is 27.2 Å². The summed E-state index contributed by atoms with van der Waals surface area (Å²) in [7, 11) is 0. The molecule has 0 spiro atoms. The zero-order valence-electron chi connectivity index (χ0n) is 23.3. The molecule has 2 saturated heterocycles. The second-order valence-electron chi connectivity index (χ2n) is 11.3. The average Bonchev–Trinajstić information content (AvgIpc) is 3.42. The SMILES string of the molecule is CC(C)(C)OC(=O)N1CC[C@@H](F)[C@@H](N2C(=O)SC(=Cc3ccc4c(cnn4Cc4ccc(Cl)cc4C(F)(F)F)c3)C2=O)C1. The normalized spacial score (nSPS) is 20.9. The van der Waals surface area contributed by atoms with Gasteiger partial charge in [-0.2, -0.15) is 18.3 Å². The summed E-state index contributed by atoms with van der Waals surface area (Å²) in [6.45, 7) is 4.88. The fourth-order valence-electron chi connectivity index (χ4n) is 4.99. The van der Waals surface area contributed by atoms with Gasteiger partial charge in [-0.15, -0.1) is 0 Å². The number of nitrogens with zero attached hydrogens (tertiary/aromatic N) is 4. The van der Waals surface area contributed by atoms with Gasteiger partial charge in [-0.3, -0.25) is 19.2 Å². The number of hydrogen-bond donors (Lipinski definition) is 0. The Kier molecular flexibility index (Phi) is 8.25. The van der Waals surface area contributed by atoms with Crippen molar-refractivity contribution in [2.24, 2.45) is 0 Å². The minimum absolute atomic E-state index is 0.00114. The summed E-state index contributed by atoms with van der Waals surface area (Å²) in [5.74, 6) is -0.674. The number of carbonyl (C=O) groups excluding carboxylic acids is 3. The molecule has 2 aromatic carbocycles. The van der Waals surface area contributed by atoms with Crippen LogP contribution in [0.3, 0.4) is 0 Å². The fraction of sp³-hybridized carbons (Fsp3) is 0.379. The number of piperidine rings is 1. The Labute approximate surface area is 253 Å². The topological polar surface area (TPSA) is 84.7 Å². The van der Waals surface area contributed by atoms with Crippen molar-refractivity contribution >= 4 is 57.6 Å². The van der Waals surface area contributed by atoms with Gasteiger partial charge in [0, 0.05) is 23.5 Å². The predicted molar refractivity (Wildman–Crippen MR) is 154 cm³/mol. The molecule has 3 aromatic rings. The third-order valence-electron chi connectivity index (χ3n) is 6.97. The molecule has 0 radical (unpaired) electrons. The Balaban J connectivity index is 1.35. The van der Waals surface area contributed by atoms with Gasteiger partial charge < -0.3 is 9.64 Å². The third kappa shape index (κ3) is 6.67. The van der Waals surface area contributed by atoms with Crippen LogP contribution in [-0.2, 0) is 22.3 Å². The van der Waals surface area contributed by atoms with E-state index in [4.69, 9.17) is 16.3 Å². The lowest BCUT2D eigenvalue weighted by molar-refractivity contribution is -0.138. The van der Waals surface area contributed by atoms with Gasteiger partial charge in [0.15, 0.2) is 0 Å². The molecular weight excluding hydrogens is 612 g/mol. The van der Waals surface area contributed by atoms with Gasteiger partial charge in [0.05, 0.1) is 34.8 Å². The minimum Gasteiger partial charge on any atom is -0.444 e. The van der Waals surface area contributed by atoms with Gasteiger partial charge in [-0.1, -0.05) is 23.7 Å². The molecule has 0 N–H and O–H groups in total. The quantitative estimate of drug-likeness (QED) is 0.223. The van der Waals surface area contributed by atoms with E-state index in [1.54, 1.807) is 39.0 Å². The molecule has 2 aliphatic heterocycles. The first-order valence-electron chi connectivity index (χ1n) is 13.3. The minimum atomic E-state index is -4.59. The molecule has 2 aliphatic rings. The molecule has 0 bridgehead atoms. The highest BCUT2D eigenvalue weighted by atomic mass is 35.5. The van der Waals surface area contributed by atoms with Gasteiger partial charge in [-0.05, 0) is 80.4 Å². The molecule has 14 heteroatoms. The molecule has 8 nitrogen and oxygen atoms in total. The summed E-state index contributed by atoms with van der Waals surface area (Å²) >= 11 is 6.46. The van der Waals surface area contributed by atoms with E-state index in [0.29, 0.717) is 28.2 Å². The number of halogens is 5. The van der Waals surface area contributed by atoms with Crippen molar-refractivity contribution in [3.8, 4) is 0 Å². The van der Waals surface area contributed by atoms with Gasteiger partial charge in [0.1, 0.15) is 11.8 Å². The molecule has 2 atom stereocenters. The number of carbonyl (C=O) groups is 3. The number of aromatic nitrogens is 2. The van der Waals surface area contributed by atoms with Gasteiger partial charge >= 0.3 is 12.3 Å². The molecular formula is C29H27ClF4N4O4S. The lowest BCUT2D eigenvalue weighted by Crippen LogP contribution is -2.57. The van der Waals surface area contributed by atoms with Crippen LogP contribution in [-0.4, -0.2) is 67.7 Å². The van der Waals surface area contributed by atoms with E-state index in [1.165, 1.54) is 34.0 Å². The van der Waals surface area contributed by atoms with Crippen molar-refractivity contribution in [2.75, 3.05) is 13.1 Å². The van der Waals surface area contributed by atoms with E-state index < -0.39 is 46.8 Å². The highest BCUT2D eigenvalue weighted by Gasteiger charge is 2.46. The molecule has 0 saturated carbocycles. The highest BCUT2D eigenvalue weighted by Crippen LogP contribution is 2.37. The smallest absolute Gasteiger partial charge is 0.416 e. The Morgan fingerprint density at radius 3 is 2.60 bits per heavy atom. The van der Waals surface area contributed by atoms with Crippen molar-refractivity contribution in [1.29, 1.82) is 0 Å². The lowest BCUT2D eigenvalue weighted by Gasteiger charge is -2.38. The molecule has 3 amide bonds. The summed E-state index contributed by atoms with van der Waals surface area (Å²) < 4.78 is 62.5. The molecule has 2 fully saturated rings. The van der Waals surface area contributed by atoms with E-state index in [-0.39, 0.29) is 41.5 Å². The number of imide groups is 1. The van der Waals surface area contributed by atoms with Crippen molar-refractivity contribution in [2.45, 2.75) is 57.7 Å². The van der Waals surface area contributed by atoms with Crippen molar-refractivity contribution < 1.29 is 36.7 Å². The van der Waals surface area contributed by atoms with Crippen LogP contribution in [0.2, 0.25) is 5.02 Å². The zero-order valence-corrected chi connectivity index (χ0v) is 24.9.